The summed E-state index contributed by atoms with van der Waals surface area (Å²) in [6.45, 7) is 3.39. The number of benzene rings is 2. The molecule has 1 amide bonds. The molecule has 0 aliphatic carbocycles. The Labute approximate surface area is 174 Å². The van der Waals surface area contributed by atoms with E-state index in [0.29, 0.717) is 39.0 Å². The number of carbonyl (C=O) groups excluding carboxylic acids is 1. The number of nitrogens with zero attached hydrogens (tertiary/aromatic N) is 1. The zero-order chi connectivity index (χ0) is 21.5. The van der Waals surface area contributed by atoms with Crippen LogP contribution >= 0.6 is 11.6 Å². The van der Waals surface area contributed by atoms with E-state index in [1.165, 1.54) is 21.3 Å². The number of aryl methyl sites for hydroxylation is 1. The number of ether oxygens (including phenoxy) is 2. The molecule has 0 radical (unpaired) electrons. The van der Waals surface area contributed by atoms with Gasteiger partial charge in [0.05, 0.1) is 19.9 Å². The molecular formula is C20H21ClN2O5S. The Balaban J connectivity index is 2.17. The second-order valence-electron chi connectivity index (χ2n) is 6.56. The van der Waals surface area contributed by atoms with Crippen molar-refractivity contribution in [3.05, 3.63) is 51.4 Å². The summed E-state index contributed by atoms with van der Waals surface area (Å²) in [5.41, 5.74) is 2.48. The summed E-state index contributed by atoms with van der Waals surface area (Å²) in [5, 5.41) is 3.10. The molecule has 0 unspecified atom stereocenters. The molecule has 0 saturated carbocycles. The standard InChI is InChI=1S/C20H21ClN2O5S/c1-11-6-7-13(21)8-15(11)22-20(24)19-12(2)14-9-17(27-4)18(28-5)10-16(14)23(3)29(19,25)26/h6-10H,1-5H3,(H,22,24). The number of halogens is 1. The number of sulfonamides is 1. The molecule has 0 fully saturated rings. The highest BCUT2D eigenvalue weighted by molar-refractivity contribution is 7.97. The van der Waals surface area contributed by atoms with Gasteiger partial charge < -0.3 is 14.8 Å². The van der Waals surface area contributed by atoms with Crippen LogP contribution in [0.25, 0.3) is 5.57 Å². The second kappa shape index (κ2) is 7.61. The van der Waals surface area contributed by atoms with Crippen molar-refractivity contribution >= 4 is 44.5 Å². The maximum absolute atomic E-state index is 13.1. The Bertz CT molecular complexity index is 1140. The van der Waals surface area contributed by atoms with E-state index in [0.717, 1.165) is 9.87 Å². The summed E-state index contributed by atoms with van der Waals surface area (Å²) in [7, 11) is 0.270. The number of hydrogen-bond donors (Lipinski definition) is 1. The largest absolute Gasteiger partial charge is 0.493 e. The van der Waals surface area contributed by atoms with E-state index < -0.39 is 15.9 Å². The van der Waals surface area contributed by atoms with Gasteiger partial charge >= 0.3 is 0 Å². The predicted octanol–water partition coefficient (Wildman–Crippen LogP) is 3.81. The van der Waals surface area contributed by atoms with Crippen LogP contribution in [0.3, 0.4) is 0 Å². The summed E-state index contributed by atoms with van der Waals surface area (Å²) < 4.78 is 37.9. The summed E-state index contributed by atoms with van der Waals surface area (Å²) in [4.78, 5) is 12.7. The van der Waals surface area contributed by atoms with Crippen molar-refractivity contribution in [2.75, 3.05) is 30.9 Å². The summed E-state index contributed by atoms with van der Waals surface area (Å²) in [5.74, 6) is 0.0902. The van der Waals surface area contributed by atoms with Crippen molar-refractivity contribution in [1.29, 1.82) is 0 Å². The molecule has 1 aliphatic rings. The minimum Gasteiger partial charge on any atom is -0.493 e. The van der Waals surface area contributed by atoms with Gasteiger partial charge in [0.15, 0.2) is 16.4 Å². The third kappa shape index (κ3) is 3.54. The van der Waals surface area contributed by atoms with Crippen molar-refractivity contribution in [1.82, 2.24) is 0 Å². The fraction of sp³-hybridized carbons (Fsp3) is 0.250. The Morgan fingerprint density at radius 3 is 2.31 bits per heavy atom. The smallest absolute Gasteiger partial charge is 0.269 e. The van der Waals surface area contributed by atoms with Crippen LogP contribution in [0.4, 0.5) is 11.4 Å². The number of carbonyl (C=O) groups is 1. The number of methoxy groups -OCH3 is 2. The van der Waals surface area contributed by atoms with Gasteiger partial charge in [-0.05, 0) is 43.2 Å². The Kier molecular flexibility index (Phi) is 5.51. The predicted molar refractivity (Wildman–Crippen MR) is 114 cm³/mol. The van der Waals surface area contributed by atoms with E-state index >= 15 is 0 Å². The molecule has 7 nitrogen and oxygen atoms in total. The number of anilines is 2. The first kappa shape index (κ1) is 21.0. The first-order valence-corrected chi connectivity index (χ1v) is 10.5. The highest BCUT2D eigenvalue weighted by Gasteiger charge is 2.38. The van der Waals surface area contributed by atoms with E-state index in [2.05, 4.69) is 5.32 Å². The number of nitrogens with one attached hydrogen (secondary N) is 1. The number of amides is 1. The van der Waals surface area contributed by atoms with Crippen LogP contribution in [0, 0.1) is 6.92 Å². The fourth-order valence-electron chi connectivity index (χ4n) is 3.21. The van der Waals surface area contributed by atoms with Crippen LogP contribution in [0.5, 0.6) is 11.5 Å². The molecule has 0 saturated heterocycles. The van der Waals surface area contributed by atoms with Gasteiger partial charge in [0.25, 0.3) is 15.9 Å². The van der Waals surface area contributed by atoms with Crippen molar-refractivity contribution in [2.45, 2.75) is 13.8 Å². The maximum atomic E-state index is 13.1. The molecule has 1 heterocycles. The van der Waals surface area contributed by atoms with Crippen molar-refractivity contribution in [3.63, 3.8) is 0 Å². The minimum atomic E-state index is -4.08. The van der Waals surface area contributed by atoms with Crippen LogP contribution < -0.4 is 19.1 Å². The molecule has 0 bridgehead atoms. The van der Waals surface area contributed by atoms with Gasteiger partial charge in [-0.15, -0.1) is 0 Å². The lowest BCUT2D eigenvalue weighted by molar-refractivity contribution is -0.112. The summed E-state index contributed by atoms with van der Waals surface area (Å²) >= 11 is 6.01. The van der Waals surface area contributed by atoms with Gasteiger partial charge in [0.1, 0.15) is 0 Å². The van der Waals surface area contributed by atoms with Gasteiger partial charge in [-0.3, -0.25) is 9.10 Å². The molecule has 2 aromatic carbocycles. The van der Waals surface area contributed by atoms with E-state index in [-0.39, 0.29) is 4.91 Å². The normalized spacial score (nSPS) is 15.0. The van der Waals surface area contributed by atoms with Crippen LogP contribution in [-0.2, 0) is 14.8 Å². The fourth-order valence-corrected chi connectivity index (χ4v) is 4.84. The Hall–Kier alpha value is -2.71. The zero-order valence-corrected chi connectivity index (χ0v) is 18.2. The highest BCUT2D eigenvalue weighted by atomic mass is 35.5. The highest BCUT2D eigenvalue weighted by Crippen LogP contribution is 2.44. The average Bonchev–Trinajstić information content (AvgIpc) is 2.68. The van der Waals surface area contributed by atoms with Crippen molar-refractivity contribution < 1.29 is 22.7 Å². The molecule has 9 heteroatoms. The summed E-state index contributed by atoms with van der Waals surface area (Å²) in [6, 6.07) is 8.24. The summed E-state index contributed by atoms with van der Waals surface area (Å²) in [6.07, 6.45) is 0. The van der Waals surface area contributed by atoms with Crippen LogP contribution in [0.1, 0.15) is 18.1 Å². The lowest BCUT2D eigenvalue weighted by Gasteiger charge is -2.30. The molecular weight excluding hydrogens is 416 g/mol. The average molecular weight is 437 g/mol. The molecule has 2 aromatic rings. The first-order valence-electron chi connectivity index (χ1n) is 8.65. The topological polar surface area (TPSA) is 84.9 Å². The Morgan fingerprint density at radius 2 is 1.69 bits per heavy atom. The van der Waals surface area contributed by atoms with Gasteiger partial charge in [0, 0.05) is 29.4 Å². The molecule has 1 N–H and O–H groups in total. The lowest BCUT2D eigenvalue weighted by Crippen LogP contribution is -2.36. The molecule has 154 valence electrons. The van der Waals surface area contributed by atoms with Gasteiger partial charge in [-0.2, -0.15) is 0 Å². The first-order chi connectivity index (χ1) is 13.6. The van der Waals surface area contributed by atoms with Crippen molar-refractivity contribution in [3.8, 4) is 11.5 Å². The molecule has 3 rings (SSSR count). The SMILES string of the molecule is COc1cc2c(cc1OC)N(C)S(=O)(=O)C(C(=O)Nc1cc(Cl)ccc1C)=C2C. The number of hydrogen-bond acceptors (Lipinski definition) is 5. The molecule has 29 heavy (non-hydrogen) atoms. The second-order valence-corrected chi connectivity index (χ2v) is 8.91. The number of rotatable bonds is 4. The minimum absolute atomic E-state index is 0.316. The third-order valence-electron chi connectivity index (χ3n) is 4.86. The molecule has 1 aliphatic heterocycles. The van der Waals surface area contributed by atoms with Gasteiger partial charge in [0.2, 0.25) is 0 Å². The van der Waals surface area contributed by atoms with E-state index in [1.54, 1.807) is 44.2 Å². The monoisotopic (exact) mass is 436 g/mol. The Morgan fingerprint density at radius 1 is 1.07 bits per heavy atom. The van der Waals surface area contributed by atoms with Crippen LogP contribution in [0.15, 0.2) is 35.2 Å². The molecule has 0 spiro atoms. The van der Waals surface area contributed by atoms with Crippen molar-refractivity contribution in [2.24, 2.45) is 0 Å². The van der Waals surface area contributed by atoms with E-state index in [1.807, 2.05) is 0 Å². The molecule has 0 atom stereocenters. The third-order valence-corrected chi connectivity index (χ3v) is 7.02. The van der Waals surface area contributed by atoms with Crippen LogP contribution in [-0.4, -0.2) is 35.6 Å². The van der Waals surface area contributed by atoms with E-state index in [9.17, 15) is 13.2 Å². The number of fused-ring (bicyclic) bond motifs is 1. The van der Waals surface area contributed by atoms with Crippen LogP contribution in [0.2, 0.25) is 5.02 Å². The lowest BCUT2D eigenvalue weighted by atomic mass is 10.0. The van der Waals surface area contributed by atoms with E-state index in [4.69, 9.17) is 21.1 Å². The quantitative estimate of drug-likeness (QED) is 0.787. The van der Waals surface area contributed by atoms with Gasteiger partial charge in [-0.1, -0.05) is 17.7 Å². The van der Waals surface area contributed by atoms with Gasteiger partial charge in [-0.25, -0.2) is 8.42 Å². The number of allylic oxidation sites excluding steroid dienone is 1. The maximum Gasteiger partial charge on any atom is 0.269 e. The zero-order valence-electron chi connectivity index (χ0n) is 16.7. The molecule has 0 aromatic heterocycles.